The molecular weight excluding hydrogens is 206 g/mol. The smallest absolute Gasteiger partial charge is 0.115 e. The molecule has 0 bridgehead atoms. The summed E-state index contributed by atoms with van der Waals surface area (Å²) in [4.78, 5) is 0. The zero-order chi connectivity index (χ0) is 8.32. The summed E-state index contributed by atoms with van der Waals surface area (Å²) in [6.45, 7) is 2.67. The van der Waals surface area contributed by atoms with Gasteiger partial charge < -0.3 is 10.5 Å². The van der Waals surface area contributed by atoms with Gasteiger partial charge in [-0.3, -0.25) is 0 Å². The molecule has 0 amide bonds. The minimum atomic E-state index is -0.367. The number of rotatable bonds is 2. The molecule has 0 aromatic heterocycles. The van der Waals surface area contributed by atoms with Crippen LogP contribution in [0.1, 0.15) is 13.3 Å². The molecule has 1 rings (SSSR count). The van der Waals surface area contributed by atoms with Crippen molar-refractivity contribution in [2.75, 3.05) is 6.61 Å². The van der Waals surface area contributed by atoms with Crippen molar-refractivity contribution in [3.8, 4) is 0 Å². The summed E-state index contributed by atoms with van der Waals surface area (Å²) in [6.07, 6.45) is 6.55. The first-order valence-corrected chi connectivity index (χ1v) is 4.43. The summed E-state index contributed by atoms with van der Waals surface area (Å²) in [5.74, 6) is 0.910. The lowest BCUT2D eigenvalue weighted by atomic mass is 10.1. The molecule has 0 aromatic carbocycles. The Balaban J connectivity index is 2.53. The molecule has 0 saturated heterocycles. The van der Waals surface area contributed by atoms with E-state index in [4.69, 9.17) is 10.5 Å². The maximum Gasteiger partial charge on any atom is 0.115 e. The fourth-order valence-electron chi connectivity index (χ4n) is 0.887. The zero-order valence-corrected chi connectivity index (χ0v) is 8.10. The first-order valence-electron chi connectivity index (χ1n) is 3.64. The number of ether oxygens (including phenoxy) is 1. The highest BCUT2D eigenvalue weighted by Crippen LogP contribution is 2.24. The van der Waals surface area contributed by atoms with Crippen molar-refractivity contribution in [2.24, 2.45) is 5.73 Å². The molecule has 11 heavy (non-hydrogen) atoms. The summed E-state index contributed by atoms with van der Waals surface area (Å²) in [5, 5.41) is 0. The van der Waals surface area contributed by atoms with E-state index in [9.17, 15) is 0 Å². The number of halogens is 1. The van der Waals surface area contributed by atoms with E-state index in [0.717, 1.165) is 12.2 Å². The molecule has 1 atom stereocenters. The predicted octanol–water partition coefficient (Wildman–Crippen LogP) is 1.92. The lowest BCUT2D eigenvalue weighted by Crippen LogP contribution is -2.30. The summed E-state index contributed by atoms with van der Waals surface area (Å²) >= 11 is 3.36. The van der Waals surface area contributed by atoms with Crippen LogP contribution in [0.3, 0.4) is 0 Å². The molecule has 2 N–H and O–H groups in total. The fourth-order valence-corrected chi connectivity index (χ4v) is 1.18. The molecule has 1 aliphatic carbocycles. The predicted molar refractivity (Wildman–Crippen MR) is 49.3 cm³/mol. The third kappa shape index (κ3) is 2.67. The largest absolute Gasteiger partial charge is 0.494 e. The van der Waals surface area contributed by atoms with Gasteiger partial charge in [-0.05, 0) is 19.1 Å². The van der Waals surface area contributed by atoms with Crippen LogP contribution >= 0.6 is 15.9 Å². The van der Waals surface area contributed by atoms with Gasteiger partial charge in [0.1, 0.15) is 5.76 Å². The number of alkyl halides is 1. The van der Waals surface area contributed by atoms with E-state index < -0.39 is 0 Å². The minimum absolute atomic E-state index is 0.367. The first kappa shape index (κ1) is 8.81. The van der Waals surface area contributed by atoms with Gasteiger partial charge in [0, 0.05) is 6.42 Å². The van der Waals surface area contributed by atoms with Crippen LogP contribution in [0, 0.1) is 0 Å². The van der Waals surface area contributed by atoms with E-state index in [1.54, 1.807) is 0 Å². The van der Waals surface area contributed by atoms with Crippen molar-refractivity contribution in [3.63, 3.8) is 0 Å². The maximum atomic E-state index is 5.77. The van der Waals surface area contributed by atoms with Gasteiger partial charge in [0.15, 0.2) is 0 Å². The summed E-state index contributed by atoms with van der Waals surface area (Å²) in [6, 6.07) is 0. The lowest BCUT2D eigenvalue weighted by Gasteiger charge is -2.20. The molecule has 1 aliphatic rings. The van der Waals surface area contributed by atoms with Gasteiger partial charge in [-0.15, -0.1) is 0 Å². The number of nitrogens with two attached hydrogens (primary N) is 1. The molecule has 0 radical (unpaired) electrons. The standard InChI is InChI=1S/C8H12BrNO/c1-2-11-7-3-5-8(9,10)6-4-7/h3-5H,2,6,10H2,1H3. The monoisotopic (exact) mass is 217 g/mol. The Labute approximate surface area is 75.2 Å². The van der Waals surface area contributed by atoms with Crippen molar-refractivity contribution in [1.29, 1.82) is 0 Å². The normalized spacial score (nSPS) is 29.9. The zero-order valence-electron chi connectivity index (χ0n) is 6.51. The van der Waals surface area contributed by atoms with Crippen molar-refractivity contribution in [2.45, 2.75) is 17.8 Å². The topological polar surface area (TPSA) is 35.2 Å². The van der Waals surface area contributed by atoms with Crippen LogP contribution in [0.2, 0.25) is 0 Å². The van der Waals surface area contributed by atoms with Crippen molar-refractivity contribution in [3.05, 3.63) is 24.0 Å². The van der Waals surface area contributed by atoms with Crippen LogP contribution < -0.4 is 5.73 Å². The van der Waals surface area contributed by atoms with E-state index in [0.29, 0.717) is 6.61 Å². The Bertz CT molecular complexity index is 196. The molecule has 0 fully saturated rings. The Kier molecular flexibility index (Phi) is 2.73. The van der Waals surface area contributed by atoms with Gasteiger partial charge in [-0.2, -0.15) is 0 Å². The van der Waals surface area contributed by atoms with Crippen molar-refractivity contribution < 1.29 is 4.74 Å². The van der Waals surface area contributed by atoms with Crippen molar-refractivity contribution in [1.82, 2.24) is 0 Å². The molecule has 0 heterocycles. The van der Waals surface area contributed by atoms with E-state index >= 15 is 0 Å². The summed E-state index contributed by atoms with van der Waals surface area (Å²) in [5.41, 5.74) is 5.77. The average Bonchev–Trinajstić information content (AvgIpc) is 1.94. The van der Waals surface area contributed by atoms with Crippen LogP contribution in [-0.2, 0) is 4.74 Å². The second-order valence-corrected chi connectivity index (χ2v) is 3.98. The molecule has 62 valence electrons. The lowest BCUT2D eigenvalue weighted by molar-refractivity contribution is 0.239. The molecule has 1 unspecified atom stereocenters. The quantitative estimate of drug-likeness (QED) is 0.567. The van der Waals surface area contributed by atoms with Crippen LogP contribution in [0.25, 0.3) is 0 Å². The second kappa shape index (κ2) is 3.41. The molecule has 2 nitrogen and oxygen atoms in total. The van der Waals surface area contributed by atoms with E-state index in [-0.39, 0.29) is 4.45 Å². The van der Waals surface area contributed by atoms with Gasteiger partial charge in [-0.1, -0.05) is 22.0 Å². The van der Waals surface area contributed by atoms with Gasteiger partial charge >= 0.3 is 0 Å². The van der Waals surface area contributed by atoms with Crippen molar-refractivity contribution >= 4 is 15.9 Å². The van der Waals surface area contributed by atoms with Crippen LogP contribution in [0.5, 0.6) is 0 Å². The Morgan fingerprint density at radius 3 is 3.00 bits per heavy atom. The van der Waals surface area contributed by atoms with Gasteiger partial charge in [-0.25, -0.2) is 0 Å². The molecule has 0 spiro atoms. The van der Waals surface area contributed by atoms with Crippen LogP contribution in [0.4, 0.5) is 0 Å². The number of hydrogen-bond donors (Lipinski definition) is 1. The van der Waals surface area contributed by atoms with Gasteiger partial charge in [0.2, 0.25) is 0 Å². The number of hydrogen-bond acceptors (Lipinski definition) is 2. The highest BCUT2D eigenvalue weighted by Gasteiger charge is 2.18. The summed E-state index contributed by atoms with van der Waals surface area (Å²) in [7, 11) is 0. The molecule has 0 saturated carbocycles. The second-order valence-electron chi connectivity index (χ2n) is 2.50. The fraction of sp³-hybridized carbons (Fsp3) is 0.500. The highest BCUT2D eigenvalue weighted by atomic mass is 79.9. The average molecular weight is 218 g/mol. The van der Waals surface area contributed by atoms with E-state index in [2.05, 4.69) is 15.9 Å². The molecular formula is C8H12BrNO. The van der Waals surface area contributed by atoms with E-state index in [1.165, 1.54) is 0 Å². The van der Waals surface area contributed by atoms with Gasteiger partial charge in [0.05, 0.1) is 11.1 Å². The molecule has 3 heteroatoms. The number of allylic oxidation sites excluding steroid dienone is 1. The molecule has 0 aromatic rings. The Morgan fingerprint density at radius 1 is 1.82 bits per heavy atom. The highest BCUT2D eigenvalue weighted by molar-refractivity contribution is 9.10. The van der Waals surface area contributed by atoms with Crippen LogP contribution in [-0.4, -0.2) is 11.1 Å². The first-order chi connectivity index (χ1) is 5.14. The summed E-state index contributed by atoms with van der Waals surface area (Å²) < 4.78 is 4.91. The third-order valence-electron chi connectivity index (χ3n) is 1.45. The molecule has 0 aliphatic heterocycles. The Hall–Kier alpha value is -0.280. The Morgan fingerprint density at radius 2 is 2.55 bits per heavy atom. The van der Waals surface area contributed by atoms with Gasteiger partial charge in [0.25, 0.3) is 0 Å². The maximum absolute atomic E-state index is 5.77. The minimum Gasteiger partial charge on any atom is -0.494 e. The van der Waals surface area contributed by atoms with E-state index in [1.807, 2.05) is 25.2 Å². The van der Waals surface area contributed by atoms with Crippen LogP contribution in [0.15, 0.2) is 24.0 Å². The third-order valence-corrected chi connectivity index (χ3v) is 2.04. The SMILES string of the molecule is CCOC1=CCC(N)(Br)C=C1.